The third-order valence-electron chi connectivity index (χ3n) is 3.46. The van der Waals surface area contributed by atoms with Crippen molar-refractivity contribution in [2.75, 3.05) is 18.5 Å². The van der Waals surface area contributed by atoms with Gasteiger partial charge < -0.3 is 10.1 Å². The molecule has 17 heavy (non-hydrogen) atoms. The van der Waals surface area contributed by atoms with Crippen LogP contribution in [0.25, 0.3) is 0 Å². The molecule has 0 saturated heterocycles. The molecule has 0 radical (unpaired) electrons. The summed E-state index contributed by atoms with van der Waals surface area (Å²) in [7, 11) is 0. The molecule has 1 aliphatic carbocycles. The van der Waals surface area contributed by atoms with Crippen molar-refractivity contribution in [3.63, 3.8) is 0 Å². The smallest absolute Gasteiger partial charge is 0.338 e. The van der Waals surface area contributed by atoms with Crippen LogP contribution in [0.2, 0.25) is 0 Å². The highest BCUT2D eigenvalue weighted by Crippen LogP contribution is 2.30. The van der Waals surface area contributed by atoms with Crippen LogP contribution in [-0.2, 0) is 11.2 Å². The summed E-state index contributed by atoms with van der Waals surface area (Å²) in [5.41, 5.74) is 2.96. The van der Waals surface area contributed by atoms with Gasteiger partial charge in [0.2, 0.25) is 0 Å². The van der Waals surface area contributed by atoms with Crippen molar-refractivity contribution in [2.45, 2.75) is 25.7 Å². The lowest BCUT2D eigenvalue weighted by Gasteiger charge is -2.20. The molecule has 1 aromatic rings. The van der Waals surface area contributed by atoms with Crippen molar-refractivity contribution >= 4 is 11.7 Å². The van der Waals surface area contributed by atoms with E-state index in [1.165, 1.54) is 12.8 Å². The molecule has 0 atom stereocenters. The van der Waals surface area contributed by atoms with E-state index in [9.17, 15) is 4.79 Å². The zero-order valence-corrected chi connectivity index (χ0v) is 9.87. The lowest BCUT2D eigenvalue weighted by Crippen LogP contribution is -2.17. The number of carbonyl (C=O) groups is 1. The Labute approximate surface area is 101 Å². The lowest BCUT2D eigenvalue weighted by atomic mass is 9.98. The average molecular weight is 231 g/mol. The Morgan fingerprint density at radius 2 is 2.29 bits per heavy atom. The molecule has 2 aliphatic rings. The fraction of sp³-hybridized carbons (Fsp3) is 0.500. The Morgan fingerprint density at radius 1 is 1.41 bits per heavy atom. The Kier molecular flexibility index (Phi) is 2.75. The van der Waals surface area contributed by atoms with E-state index in [1.54, 1.807) is 0 Å². The molecule has 0 unspecified atom stereocenters. The van der Waals surface area contributed by atoms with E-state index in [1.807, 2.05) is 18.2 Å². The van der Waals surface area contributed by atoms with Crippen LogP contribution < -0.4 is 5.32 Å². The first kappa shape index (κ1) is 10.6. The zero-order chi connectivity index (χ0) is 11.7. The number of ether oxygens (including phenoxy) is 1. The zero-order valence-electron chi connectivity index (χ0n) is 9.87. The fourth-order valence-corrected chi connectivity index (χ4v) is 2.26. The number of esters is 1. The highest BCUT2D eigenvalue weighted by molar-refractivity contribution is 5.93. The largest absolute Gasteiger partial charge is 0.462 e. The minimum atomic E-state index is -0.155. The van der Waals surface area contributed by atoms with Gasteiger partial charge in [0.05, 0.1) is 12.2 Å². The monoisotopic (exact) mass is 231 g/mol. The highest BCUT2D eigenvalue weighted by atomic mass is 16.5. The predicted octanol–water partition coefficient (Wildman–Crippen LogP) is 2.61. The first-order valence-electron chi connectivity index (χ1n) is 6.37. The Hall–Kier alpha value is -1.51. The van der Waals surface area contributed by atoms with Crippen molar-refractivity contribution in [3.8, 4) is 0 Å². The van der Waals surface area contributed by atoms with Crippen molar-refractivity contribution < 1.29 is 9.53 Å². The van der Waals surface area contributed by atoms with E-state index in [0.29, 0.717) is 12.5 Å². The number of nitrogens with one attached hydrogen (secondary N) is 1. The summed E-state index contributed by atoms with van der Waals surface area (Å²) in [6.45, 7) is 1.59. The number of hydrogen-bond acceptors (Lipinski definition) is 3. The van der Waals surface area contributed by atoms with Gasteiger partial charge in [-0.05, 0) is 49.3 Å². The summed E-state index contributed by atoms with van der Waals surface area (Å²) in [6.07, 6.45) is 4.47. The molecule has 1 saturated carbocycles. The minimum Gasteiger partial charge on any atom is -0.462 e. The molecular formula is C14H17NO2. The SMILES string of the molecule is O=C(OCC1CC1)c1cccc2c1CCCN2. The summed E-state index contributed by atoms with van der Waals surface area (Å²) in [5, 5.41) is 3.33. The first-order chi connectivity index (χ1) is 8.34. The maximum Gasteiger partial charge on any atom is 0.338 e. The summed E-state index contributed by atoms with van der Waals surface area (Å²) < 4.78 is 5.35. The molecule has 3 heteroatoms. The van der Waals surface area contributed by atoms with Gasteiger partial charge in [0, 0.05) is 12.2 Å². The number of anilines is 1. The maximum absolute atomic E-state index is 12.0. The van der Waals surface area contributed by atoms with Gasteiger partial charge in [-0.2, -0.15) is 0 Å². The van der Waals surface area contributed by atoms with Crippen molar-refractivity contribution in [2.24, 2.45) is 5.92 Å². The van der Waals surface area contributed by atoms with Crippen LogP contribution in [0.1, 0.15) is 35.2 Å². The summed E-state index contributed by atoms with van der Waals surface area (Å²) in [5.74, 6) is 0.467. The number of rotatable bonds is 3. The highest BCUT2D eigenvalue weighted by Gasteiger charge is 2.24. The van der Waals surface area contributed by atoms with Crippen LogP contribution in [-0.4, -0.2) is 19.1 Å². The molecule has 1 fully saturated rings. The van der Waals surface area contributed by atoms with Crippen LogP contribution in [0, 0.1) is 5.92 Å². The maximum atomic E-state index is 12.0. The molecular weight excluding hydrogens is 214 g/mol. The van der Waals surface area contributed by atoms with Gasteiger partial charge in [-0.25, -0.2) is 4.79 Å². The van der Waals surface area contributed by atoms with E-state index < -0.39 is 0 Å². The van der Waals surface area contributed by atoms with Crippen LogP contribution >= 0.6 is 0 Å². The first-order valence-corrected chi connectivity index (χ1v) is 6.37. The van der Waals surface area contributed by atoms with Crippen molar-refractivity contribution in [3.05, 3.63) is 29.3 Å². The molecule has 1 N–H and O–H groups in total. The summed E-state index contributed by atoms with van der Waals surface area (Å²) in [4.78, 5) is 12.0. The third-order valence-corrected chi connectivity index (χ3v) is 3.46. The average Bonchev–Trinajstić information content (AvgIpc) is 3.19. The van der Waals surface area contributed by atoms with Crippen LogP contribution in [0.3, 0.4) is 0 Å². The number of carbonyl (C=O) groups excluding carboxylic acids is 1. The van der Waals surface area contributed by atoms with Crippen LogP contribution in [0.4, 0.5) is 5.69 Å². The molecule has 0 spiro atoms. The molecule has 0 amide bonds. The fourth-order valence-electron chi connectivity index (χ4n) is 2.26. The Morgan fingerprint density at radius 3 is 3.12 bits per heavy atom. The predicted molar refractivity (Wildman–Crippen MR) is 66.3 cm³/mol. The van der Waals surface area contributed by atoms with E-state index in [4.69, 9.17) is 4.74 Å². The molecule has 0 bridgehead atoms. The Bertz CT molecular complexity index is 438. The van der Waals surface area contributed by atoms with Crippen LogP contribution in [0.15, 0.2) is 18.2 Å². The van der Waals surface area contributed by atoms with Crippen molar-refractivity contribution in [1.82, 2.24) is 0 Å². The van der Waals surface area contributed by atoms with Gasteiger partial charge in [0.1, 0.15) is 0 Å². The Balaban J connectivity index is 1.78. The van der Waals surface area contributed by atoms with Gasteiger partial charge in [0.15, 0.2) is 0 Å². The van der Waals surface area contributed by atoms with Gasteiger partial charge in [-0.3, -0.25) is 0 Å². The molecule has 1 aromatic carbocycles. The summed E-state index contributed by atoms with van der Waals surface area (Å²) in [6, 6.07) is 5.83. The standard InChI is InChI=1S/C14H17NO2/c16-14(17-9-10-6-7-10)12-3-1-5-13-11(12)4-2-8-15-13/h1,3,5,10,15H,2,4,6-9H2. The second kappa shape index (κ2) is 4.40. The second-order valence-corrected chi connectivity index (χ2v) is 4.90. The van der Waals surface area contributed by atoms with Gasteiger partial charge >= 0.3 is 5.97 Å². The topological polar surface area (TPSA) is 38.3 Å². The second-order valence-electron chi connectivity index (χ2n) is 4.90. The molecule has 3 rings (SSSR count). The van der Waals surface area contributed by atoms with E-state index in [2.05, 4.69) is 5.32 Å². The number of hydrogen-bond donors (Lipinski definition) is 1. The van der Waals surface area contributed by atoms with Gasteiger partial charge in [-0.15, -0.1) is 0 Å². The minimum absolute atomic E-state index is 0.155. The van der Waals surface area contributed by atoms with Gasteiger partial charge in [-0.1, -0.05) is 6.07 Å². The van der Waals surface area contributed by atoms with E-state index in [0.717, 1.165) is 36.2 Å². The molecule has 1 aliphatic heterocycles. The molecule has 0 aromatic heterocycles. The molecule has 1 heterocycles. The van der Waals surface area contributed by atoms with Gasteiger partial charge in [0.25, 0.3) is 0 Å². The summed E-state index contributed by atoms with van der Waals surface area (Å²) >= 11 is 0. The number of fused-ring (bicyclic) bond motifs is 1. The normalized spacial score (nSPS) is 18.1. The lowest BCUT2D eigenvalue weighted by molar-refractivity contribution is 0.0485. The number of benzene rings is 1. The van der Waals surface area contributed by atoms with E-state index in [-0.39, 0.29) is 5.97 Å². The van der Waals surface area contributed by atoms with Crippen molar-refractivity contribution in [1.29, 1.82) is 0 Å². The third kappa shape index (κ3) is 2.28. The van der Waals surface area contributed by atoms with Crippen LogP contribution in [0.5, 0.6) is 0 Å². The van der Waals surface area contributed by atoms with E-state index >= 15 is 0 Å². The quantitative estimate of drug-likeness (QED) is 0.813. The molecule has 90 valence electrons. The molecule has 3 nitrogen and oxygen atoms in total.